The maximum atomic E-state index is 9.75. The molecule has 0 saturated carbocycles. The van der Waals surface area contributed by atoms with E-state index in [9.17, 15) is 5.11 Å². The van der Waals surface area contributed by atoms with E-state index < -0.39 is 6.10 Å². The molecule has 1 atom stereocenters. The standard InChI is InChI=1S/C16H16ClN7O2/c1-8(25)14-20-15(22-21-14)13-12(24-5-4-18-7-24)11-10(23(13)2)6-9(17)16(19-11)26-3/h4-8,25H,1-3H3,(H,20,21,22)/t8-/m0/s1. The number of aromatic nitrogens is 7. The molecule has 4 aromatic rings. The molecule has 0 saturated heterocycles. The quantitative estimate of drug-likeness (QED) is 0.568. The third-order valence-corrected chi connectivity index (χ3v) is 4.41. The van der Waals surface area contributed by atoms with Crippen LogP contribution in [0.15, 0.2) is 24.8 Å². The third-order valence-electron chi connectivity index (χ3n) is 4.14. The monoisotopic (exact) mass is 373 g/mol. The molecule has 0 aliphatic rings. The van der Waals surface area contributed by atoms with Crippen molar-refractivity contribution in [3.63, 3.8) is 0 Å². The number of aliphatic hydroxyl groups is 1. The number of hydrogen-bond acceptors (Lipinski definition) is 6. The molecule has 2 N–H and O–H groups in total. The summed E-state index contributed by atoms with van der Waals surface area (Å²) in [7, 11) is 3.39. The Labute approximate surface area is 153 Å². The lowest BCUT2D eigenvalue weighted by molar-refractivity contribution is 0.189. The highest BCUT2D eigenvalue weighted by atomic mass is 35.5. The smallest absolute Gasteiger partial charge is 0.233 e. The zero-order valence-electron chi connectivity index (χ0n) is 14.3. The summed E-state index contributed by atoms with van der Waals surface area (Å²) >= 11 is 6.26. The summed E-state index contributed by atoms with van der Waals surface area (Å²) in [4.78, 5) is 13.1. The molecule has 0 unspecified atom stereocenters. The Kier molecular flexibility index (Phi) is 3.89. The van der Waals surface area contributed by atoms with Gasteiger partial charge in [0.05, 0.1) is 19.0 Å². The Bertz CT molecular complexity index is 1080. The summed E-state index contributed by atoms with van der Waals surface area (Å²) in [5.74, 6) is 1.14. The number of ether oxygens (including phenoxy) is 1. The number of fused-ring (bicyclic) bond motifs is 1. The van der Waals surface area contributed by atoms with Gasteiger partial charge < -0.3 is 19.0 Å². The highest BCUT2D eigenvalue weighted by Gasteiger charge is 2.24. The molecular weight excluding hydrogens is 358 g/mol. The van der Waals surface area contributed by atoms with E-state index in [0.717, 1.165) is 11.2 Å². The Morgan fingerprint density at radius 3 is 2.77 bits per heavy atom. The van der Waals surface area contributed by atoms with Gasteiger partial charge in [-0.2, -0.15) is 5.10 Å². The number of H-pyrrole nitrogens is 1. The maximum Gasteiger partial charge on any atom is 0.233 e. The molecule has 0 aliphatic carbocycles. The minimum atomic E-state index is -0.754. The number of nitrogens with one attached hydrogen (secondary N) is 1. The van der Waals surface area contributed by atoms with Crippen LogP contribution in [0.4, 0.5) is 0 Å². The molecule has 26 heavy (non-hydrogen) atoms. The summed E-state index contributed by atoms with van der Waals surface area (Å²) in [5.41, 5.74) is 2.91. The first-order chi connectivity index (χ1) is 12.5. The van der Waals surface area contributed by atoms with E-state index in [0.29, 0.717) is 33.8 Å². The fraction of sp³-hybridized carbons (Fsp3) is 0.250. The molecule has 4 rings (SSSR count). The zero-order valence-corrected chi connectivity index (χ0v) is 15.1. The van der Waals surface area contributed by atoms with Crippen LogP contribution in [0, 0.1) is 0 Å². The number of rotatable bonds is 4. The largest absolute Gasteiger partial charge is 0.480 e. The molecule has 10 heteroatoms. The third kappa shape index (κ3) is 2.44. The molecule has 0 aromatic carbocycles. The molecule has 0 radical (unpaired) electrons. The highest BCUT2D eigenvalue weighted by Crippen LogP contribution is 2.37. The number of halogens is 1. The van der Waals surface area contributed by atoms with E-state index >= 15 is 0 Å². The van der Waals surface area contributed by atoms with E-state index in [1.54, 1.807) is 25.5 Å². The fourth-order valence-electron chi connectivity index (χ4n) is 2.89. The molecule has 0 bridgehead atoms. The Morgan fingerprint density at radius 2 is 2.15 bits per heavy atom. The Morgan fingerprint density at radius 1 is 1.35 bits per heavy atom. The molecule has 0 amide bonds. The van der Waals surface area contributed by atoms with E-state index in [2.05, 4.69) is 25.1 Å². The van der Waals surface area contributed by atoms with Crippen molar-refractivity contribution in [1.82, 2.24) is 34.3 Å². The predicted molar refractivity (Wildman–Crippen MR) is 95.4 cm³/mol. The van der Waals surface area contributed by atoms with Gasteiger partial charge in [0.25, 0.3) is 0 Å². The van der Waals surface area contributed by atoms with Gasteiger partial charge in [-0.05, 0) is 13.0 Å². The normalized spacial score (nSPS) is 12.7. The molecule has 134 valence electrons. The van der Waals surface area contributed by atoms with E-state index in [-0.39, 0.29) is 0 Å². The van der Waals surface area contributed by atoms with Gasteiger partial charge in [-0.1, -0.05) is 11.6 Å². The average Bonchev–Trinajstić information content (AvgIpc) is 3.34. The van der Waals surface area contributed by atoms with Crippen molar-refractivity contribution in [3.8, 4) is 23.1 Å². The topological polar surface area (TPSA) is 107 Å². The first-order valence-electron chi connectivity index (χ1n) is 7.83. The number of imidazole rings is 1. The van der Waals surface area contributed by atoms with Crippen molar-refractivity contribution in [2.24, 2.45) is 7.05 Å². The van der Waals surface area contributed by atoms with Crippen LogP contribution in [-0.2, 0) is 7.05 Å². The number of aryl methyl sites for hydroxylation is 1. The first-order valence-corrected chi connectivity index (χ1v) is 8.21. The van der Waals surface area contributed by atoms with Crippen LogP contribution in [0.3, 0.4) is 0 Å². The van der Waals surface area contributed by atoms with Crippen LogP contribution in [0.5, 0.6) is 5.88 Å². The lowest BCUT2D eigenvalue weighted by Gasteiger charge is -2.05. The van der Waals surface area contributed by atoms with Crippen molar-refractivity contribution < 1.29 is 9.84 Å². The summed E-state index contributed by atoms with van der Waals surface area (Å²) in [6.07, 6.45) is 4.40. The first kappa shape index (κ1) is 16.6. The van der Waals surface area contributed by atoms with E-state index in [1.165, 1.54) is 7.11 Å². The van der Waals surface area contributed by atoms with E-state index in [4.69, 9.17) is 16.3 Å². The average molecular weight is 374 g/mol. The van der Waals surface area contributed by atoms with Crippen LogP contribution < -0.4 is 4.74 Å². The molecule has 4 heterocycles. The van der Waals surface area contributed by atoms with Gasteiger partial charge in [-0.15, -0.1) is 0 Å². The molecule has 0 aliphatic heterocycles. The van der Waals surface area contributed by atoms with Crippen LogP contribution in [-0.4, -0.2) is 46.5 Å². The van der Waals surface area contributed by atoms with Gasteiger partial charge in [-0.25, -0.2) is 15.0 Å². The molecule has 4 aromatic heterocycles. The van der Waals surface area contributed by atoms with Gasteiger partial charge in [0.1, 0.15) is 28.0 Å². The lowest BCUT2D eigenvalue weighted by atomic mass is 10.3. The second-order valence-electron chi connectivity index (χ2n) is 5.79. The Hall–Kier alpha value is -2.91. The summed E-state index contributed by atoms with van der Waals surface area (Å²) in [5, 5.41) is 17.2. The number of hydrogen-bond donors (Lipinski definition) is 2. The minimum Gasteiger partial charge on any atom is -0.480 e. The SMILES string of the molecule is COc1nc2c(-n3ccnc3)c(-c3n[nH]c([C@H](C)O)n3)n(C)c2cc1Cl. The maximum absolute atomic E-state index is 9.75. The van der Waals surface area contributed by atoms with Crippen molar-refractivity contribution >= 4 is 22.6 Å². The number of nitrogens with zero attached hydrogens (tertiary/aromatic N) is 6. The zero-order chi connectivity index (χ0) is 18.4. The lowest BCUT2D eigenvalue weighted by Crippen LogP contribution is -1.99. The van der Waals surface area contributed by atoms with Crippen LogP contribution in [0.1, 0.15) is 18.9 Å². The summed E-state index contributed by atoms with van der Waals surface area (Å²) in [6.45, 7) is 1.62. The minimum absolute atomic E-state index is 0.331. The predicted octanol–water partition coefficient (Wildman–Crippen LogP) is 2.26. The van der Waals surface area contributed by atoms with E-state index in [1.807, 2.05) is 22.4 Å². The number of aliphatic hydroxyl groups excluding tert-OH is 1. The fourth-order valence-corrected chi connectivity index (χ4v) is 3.11. The molecule has 9 nitrogen and oxygen atoms in total. The number of aromatic amines is 1. The number of methoxy groups -OCH3 is 1. The second kappa shape index (κ2) is 6.11. The van der Waals surface area contributed by atoms with Gasteiger partial charge in [0.2, 0.25) is 5.88 Å². The molecule has 0 spiro atoms. The van der Waals surface area contributed by atoms with Gasteiger partial charge in [0, 0.05) is 19.4 Å². The Balaban J connectivity index is 2.07. The number of pyridine rings is 1. The summed E-state index contributed by atoms with van der Waals surface area (Å²) < 4.78 is 9.00. The van der Waals surface area contributed by atoms with Gasteiger partial charge in [0.15, 0.2) is 11.6 Å². The van der Waals surface area contributed by atoms with Crippen LogP contribution in [0.25, 0.3) is 28.2 Å². The van der Waals surface area contributed by atoms with Crippen LogP contribution >= 0.6 is 11.6 Å². The van der Waals surface area contributed by atoms with Gasteiger partial charge >= 0.3 is 0 Å². The highest BCUT2D eigenvalue weighted by molar-refractivity contribution is 6.32. The van der Waals surface area contributed by atoms with Crippen molar-refractivity contribution in [2.75, 3.05) is 7.11 Å². The van der Waals surface area contributed by atoms with Crippen molar-refractivity contribution in [2.45, 2.75) is 13.0 Å². The van der Waals surface area contributed by atoms with Crippen LogP contribution in [0.2, 0.25) is 5.02 Å². The second-order valence-corrected chi connectivity index (χ2v) is 6.20. The van der Waals surface area contributed by atoms with Gasteiger partial charge in [-0.3, -0.25) is 5.10 Å². The van der Waals surface area contributed by atoms with Crippen molar-refractivity contribution in [3.05, 3.63) is 35.6 Å². The van der Waals surface area contributed by atoms with Crippen molar-refractivity contribution in [1.29, 1.82) is 0 Å². The summed E-state index contributed by atoms with van der Waals surface area (Å²) in [6, 6.07) is 1.79. The molecule has 0 fully saturated rings. The molecular formula is C16H16ClN7O2.